The summed E-state index contributed by atoms with van der Waals surface area (Å²) in [6.07, 6.45) is -0.868. The van der Waals surface area contributed by atoms with Gasteiger partial charge < -0.3 is 14.2 Å². The molecule has 130 valence electrons. The maximum atomic E-state index is 12.4. The first kappa shape index (κ1) is 17.0. The van der Waals surface area contributed by atoms with Crippen molar-refractivity contribution < 1.29 is 23.8 Å². The first-order valence-corrected chi connectivity index (χ1v) is 8.30. The summed E-state index contributed by atoms with van der Waals surface area (Å²) in [7, 11) is 0. The molecule has 0 saturated heterocycles. The Labute approximate surface area is 146 Å². The Bertz CT molecular complexity index is 766. The number of ketones is 1. The molecule has 0 saturated carbocycles. The third kappa shape index (κ3) is 3.82. The lowest BCUT2D eigenvalue weighted by Gasteiger charge is -2.25. The van der Waals surface area contributed by atoms with Gasteiger partial charge in [0.25, 0.3) is 0 Å². The fraction of sp³-hybridized carbons (Fsp3) is 0.300. The number of ether oxygens (including phenoxy) is 3. The van der Waals surface area contributed by atoms with Crippen LogP contribution in [0.4, 0.5) is 0 Å². The number of rotatable bonds is 5. The molecular weight excluding hydrogens is 320 g/mol. The molecule has 5 heteroatoms. The molecule has 0 aromatic heterocycles. The minimum absolute atomic E-state index is 0.0575. The van der Waals surface area contributed by atoms with Crippen LogP contribution in [0.1, 0.15) is 29.8 Å². The highest BCUT2D eigenvalue weighted by atomic mass is 16.6. The Morgan fingerprint density at radius 3 is 2.48 bits per heavy atom. The van der Waals surface area contributed by atoms with Crippen molar-refractivity contribution in [1.29, 1.82) is 0 Å². The van der Waals surface area contributed by atoms with Crippen LogP contribution < -0.4 is 9.47 Å². The maximum Gasteiger partial charge on any atom is 0.351 e. The molecule has 0 spiro atoms. The fourth-order valence-electron chi connectivity index (χ4n) is 2.58. The second kappa shape index (κ2) is 7.38. The second-order valence-electron chi connectivity index (χ2n) is 5.86. The van der Waals surface area contributed by atoms with Crippen LogP contribution in [-0.2, 0) is 16.0 Å². The number of hydrogen-bond donors (Lipinski definition) is 0. The highest BCUT2D eigenvalue weighted by Gasteiger charge is 2.31. The normalized spacial score (nSPS) is 16.8. The van der Waals surface area contributed by atoms with Crippen molar-refractivity contribution in [2.75, 3.05) is 6.61 Å². The number of Topliss-reactive ketones (excluding diaryl/α,β-unsaturated/α-hetero) is 1. The molecule has 1 heterocycles. The van der Waals surface area contributed by atoms with E-state index >= 15 is 0 Å². The molecule has 3 rings (SSSR count). The number of hydrogen-bond acceptors (Lipinski definition) is 5. The highest BCUT2D eigenvalue weighted by Crippen LogP contribution is 2.31. The Balaban J connectivity index is 1.61. The highest BCUT2D eigenvalue weighted by molar-refractivity contribution is 6.00. The van der Waals surface area contributed by atoms with Gasteiger partial charge in [-0.3, -0.25) is 4.79 Å². The molecule has 2 aromatic carbocycles. The Hall–Kier alpha value is -2.82. The van der Waals surface area contributed by atoms with Gasteiger partial charge in [0.2, 0.25) is 11.9 Å². The Kier molecular flexibility index (Phi) is 5.03. The van der Waals surface area contributed by atoms with Crippen molar-refractivity contribution in [2.24, 2.45) is 0 Å². The number of benzene rings is 2. The lowest BCUT2D eigenvalue weighted by atomic mass is 10.0. The van der Waals surface area contributed by atoms with E-state index in [1.807, 2.05) is 25.1 Å². The molecule has 25 heavy (non-hydrogen) atoms. The Morgan fingerprint density at radius 2 is 1.80 bits per heavy atom. The van der Waals surface area contributed by atoms with Crippen LogP contribution in [0.5, 0.6) is 11.5 Å². The van der Waals surface area contributed by atoms with E-state index in [4.69, 9.17) is 14.2 Å². The van der Waals surface area contributed by atoms with Crippen molar-refractivity contribution in [3.63, 3.8) is 0 Å². The lowest BCUT2D eigenvalue weighted by molar-refractivity contribution is -0.157. The standard InChI is InChI=1S/C20H20O5/c1-3-14-8-10-15(11-9-14)19(21)13(2)24-20(22)18-12-23-16-6-4-5-7-17(16)25-18/h4-11,13,18H,3,12H2,1-2H3. The zero-order chi connectivity index (χ0) is 17.8. The first-order valence-electron chi connectivity index (χ1n) is 8.30. The molecule has 0 aliphatic carbocycles. The van der Waals surface area contributed by atoms with E-state index in [1.54, 1.807) is 37.3 Å². The molecule has 2 aromatic rings. The summed E-state index contributed by atoms with van der Waals surface area (Å²) in [4.78, 5) is 24.7. The quantitative estimate of drug-likeness (QED) is 0.618. The predicted octanol–water partition coefficient (Wildman–Crippen LogP) is 3.20. The molecule has 0 bridgehead atoms. The van der Waals surface area contributed by atoms with Gasteiger partial charge in [0.05, 0.1) is 0 Å². The topological polar surface area (TPSA) is 61.8 Å². The van der Waals surface area contributed by atoms with Gasteiger partial charge in [0.15, 0.2) is 17.6 Å². The molecule has 2 atom stereocenters. The summed E-state index contributed by atoms with van der Waals surface area (Å²) < 4.78 is 16.4. The molecule has 5 nitrogen and oxygen atoms in total. The van der Waals surface area contributed by atoms with Gasteiger partial charge >= 0.3 is 5.97 Å². The average Bonchev–Trinajstić information content (AvgIpc) is 2.67. The summed E-state index contributed by atoms with van der Waals surface area (Å²) in [6, 6.07) is 14.4. The molecule has 0 radical (unpaired) electrons. The molecule has 0 fully saturated rings. The number of aryl methyl sites for hydroxylation is 1. The monoisotopic (exact) mass is 340 g/mol. The van der Waals surface area contributed by atoms with E-state index in [9.17, 15) is 9.59 Å². The number of para-hydroxylation sites is 2. The predicted molar refractivity (Wildman–Crippen MR) is 92.1 cm³/mol. The van der Waals surface area contributed by atoms with Crippen molar-refractivity contribution in [3.05, 3.63) is 59.7 Å². The number of esters is 1. The minimum Gasteiger partial charge on any atom is -0.485 e. The summed E-state index contributed by atoms with van der Waals surface area (Å²) >= 11 is 0. The van der Waals surface area contributed by atoms with E-state index in [2.05, 4.69) is 0 Å². The van der Waals surface area contributed by atoms with Gasteiger partial charge in [-0.25, -0.2) is 4.79 Å². The van der Waals surface area contributed by atoms with Crippen LogP contribution in [0.25, 0.3) is 0 Å². The van der Waals surface area contributed by atoms with E-state index in [0.29, 0.717) is 17.1 Å². The van der Waals surface area contributed by atoms with Crippen molar-refractivity contribution >= 4 is 11.8 Å². The smallest absolute Gasteiger partial charge is 0.351 e. The zero-order valence-corrected chi connectivity index (χ0v) is 14.2. The fourth-order valence-corrected chi connectivity index (χ4v) is 2.58. The average molecular weight is 340 g/mol. The third-order valence-electron chi connectivity index (χ3n) is 4.08. The lowest BCUT2D eigenvalue weighted by Crippen LogP contribution is -2.40. The van der Waals surface area contributed by atoms with Gasteiger partial charge in [0.1, 0.15) is 6.61 Å². The zero-order valence-electron chi connectivity index (χ0n) is 14.2. The van der Waals surface area contributed by atoms with E-state index < -0.39 is 18.2 Å². The summed E-state index contributed by atoms with van der Waals surface area (Å²) in [6.45, 7) is 3.67. The van der Waals surface area contributed by atoms with Crippen LogP contribution in [0.2, 0.25) is 0 Å². The maximum absolute atomic E-state index is 12.4. The second-order valence-corrected chi connectivity index (χ2v) is 5.86. The Morgan fingerprint density at radius 1 is 1.12 bits per heavy atom. The van der Waals surface area contributed by atoms with Gasteiger partial charge in [-0.15, -0.1) is 0 Å². The van der Waals surface area contributed by atoms with Gasteiger partial charge in [-0.05, 0) is 31.0 Å². The molecule has 2 unspecified atom stereocenters. The van der Waals surface area contributed by atoms with E-state index in [-0.39, 0.29) is 12.4 Å². The van der Waals surface area contributed by atoms with Gasteiger partial charge in [-0.2, -0.15) is 0 Å². The first-order chi connectivity index (χ1) is 12.1. The summed E-state index contributed by atoms with van der Waals surface area (Å²) in [5.41, 5.74) is 1.66. The molecule has 1 aliphatic heterocycles. The number of fused-ring (bicyclic) bond motifs is 1. The third-order valence-corrected chi connectivity index (χ3v) is 4.08. The molecule has 0 amide bonds. The van der Waals surface area contributed by atoms with Crippen LogP contribution in [0.15, 0.2) is 48.5 Å². The molecule has 1 aliphatic rings. The van der Waals surface area contributed by atoms with Crippen molar-refractivity contribution in [3.8, 4) is 11.5 Å². The SMILES string of the molecule is CCc1ccc(C(=O)C(C)OC(=O)C2COc3ccccc3O2)cc1. The number of carbonyl (C=O) groups is 2. The van der Waals surface area contributed by atoms with E-state index in [0.717, 1.165) is 12.0 Å². The van der Waals surface area contributed by atoms with Crippen LogP contribution in [-0.4, -0.2) is 30.6 Å². The van der Waals surface area contributed by atoms with Gasteiger partial charge in [0, 0.05) is 5.56 Å². The van der Waals surface area contributed by atoms with Gasteiger partial charge in [-0.1, -0.05) is 43.3 Å². The largest absolute Gasteiger partial charge is 0.485 e. The van der Waals surface area contributed by atoms with Crippen molar-refractivity contribution in [1.82, 2.24) is 0 Å². The van der Waals surface area contributed by atoms with Crippen molar-refractivity contribution in [2.45, 2.75) is 32.5 Å². The molecule has 0 N–H and O–H groups in total. The van der Waals surface area contributed by atoms with Crippen LogP contribution in [0, 0.1) is 0 Å². The number of carbonyl (C=O) groups excluding carboxylic acids is 2. The van der Waals surface area contributed by atoms with Crippen LogP contribution in [0.3, 0.4) is 0 Å². The summed E-state index contributed by atoms with van der Waals surface area (Å²) in [5.74, 6) is 0.227. The summed E-state index contributed by atoms with van der Waals surface area (Å²) in [5, 5.41) is 0. The van der Waals surface area contributed by atoms with Crippen LogP contribution >= 0.6 is 0 Å². The minimum atomic E-state index is -0.888. The molecular formula is C20H20O5. The van der Waals surface area contributed by atoms with E-state index in [1.165, 1.54) is 0 Å².